The van der Waals surface area contributed by atoms with Gasteiger partial charge in [-0.1, -0.05) is 0 Å². The molecule has 1 rings (SSSR count). The van der Waals surface area contributed by atoms with E-state index in [-0.39, 0.29) is 19.1 Å². The standard InChI is InChI=1S/C12H21F3N2O2/c1-9(2)17(5-6-19-8-18)7-11-10(3-4-16-11)12(13,14)15/h8-11,16H,3-7H2,1-2H3. The Morgan fingerprint density at radius 2 is 2.16 bits per heavy atom. The van der Waals surface area contributed by atoms with Gasteiger partial charge in [0.15, 0.2) is 0 Å². The Kier molecular flexibility index (Phi) is 6.06. The minimum Gasteiger partial charge on any atom is -0.467 e. The zero-order valence-corrected chi connectivity index (χ0v) is 11.2. The average Bonchev–Trinajstić information content (AvgIpc) is 2.75. The molecule has 0 aromatic heterocycles. The molecule has 2 atom stereocenters. The lowest BCUT2D eigenvalue weighted by Crippen LogP contribution is -2.47. The van der Waals surface area contributed by atoms with Crippen LogP contribution >= 0.6 is 0 Å². The van der Waals surface area contributed by atoms with Crippen molar-refractivity contribution in [3.63, 3.8) is 0 Å². The van der Waals surface area contributed by atoms with Gasteiger partial charge in [0.05, 0.1) is 5.92 Å². The lowest BCUT2D eigenvalue weighted by Gasteiger charge is -2.31. The van der Waals surface area contributed by atoms with Gasteiger partial charge in [0, 0.05) is 25.2 Å². The molecule has 0 aromatic carbocycles. The van der Waals surface area contributed by atoms with Crippen LogP contribution in [-0.2, 0) is 9.53 Å². The summed E-state index contributed by atoms with van der Waals surface area (Å²) < 4.78 is 43.1. The summed E-state index contributed by atoms with van der Waals surface area (Å²) in [6.07, 6.45) is -4.03. The van der Waals surface area contributed by atoms with Crippen molar-refractivity contribution in [3.8, 4) is 0 Å². The van der Waals surface area contributed by atoms with Gasteiger partial charge in [0.1, 0.15) is 6.61 Å². The van der Waals surface area contributed by atoms with Gasteiger partial charge in [-0.05, 0) is 26.8 Å². The van der Waals surface area contributed by atoms with Gasteiger partial charge in [0.25, 0.3) is 6.47 Å². The highest BCUT2D eigenvalue weighted by atomic mass is 19.4. The molecule has 19 heavy (non-hydrogen) atoms. The fraction of sp³-hybridized carbons (Fsp3) is 0.917. The minimum atomic E-state index is -4.16. The molecule has 7 heteroatoms. The molecule has 4 nitrogen and oxygen atoms in total. The van der Waals surface area contributed by atoms with E-state index in [2.05, 4.69) is 10.1 Å². The molecule has 0 radical (unpaired) electrons. The fourth-order valence-corrected chi connectivity index (χ4v) is 2.38. The van der Waals surface area contributed by atoms with E-state index >= 15 is 0 Å². The molecule has 1 saturated heterocycles. The molecule has 1 aliphatic rings. The predicted octanol–water partition coefficient (Wildman–Crippen LogP) is 1.41. The van der Waals surface area contributed by atoms with Crippen LogP contribution in [0.15, 0.2) is 0 Å². The summed E-state index contributed by atoms with van der Waals surface area (Å²) in [4.78, 5) is 12.0. The van der Waals surface area contributed by atoms with Crippen molar-refractivity contribution in [2.75, 3.05) is 26.2 Å². The SMILES string of the molecule is CC(C)N(CCOC=O)CC1NCCC1C(F)(F)F. The first kappa shape index (κ1) is 16.2. The maximum atomic E-state index is 12.8. The predicted molar refractivity (Wildman–Crippen MR) is 64.7 cm³/mol. The van der Waals surface area contributed by atoms with Gasteiger partial charge in [-0.2, -0.15) is 13.2 Å². The Bertz CT molecular complexity index is 285. The van der Waals surface area contributed by atoms with Crippen molar-refractivity contribution in [1.82, 2.24) is 10.2 Å². The monoisotopic (exact) mass is 282 g/mol. The molecule has 0 bridgehead atoms. The quantitative estimate of drug-likeness (QED) is 0.566. The number of halogens is 3. The Morgan fingerprint density at radius 1 is 1.47 bits per heavy atom. The largest absolute Gasteiger partial charge is 0.467 e. The van der Waals surface area contributed by atoms with Crippen LogP contribution in [0.25, 0.3) is 0 Å². The minimum absolute atomic E-state index is 0.103. The first-order valence-corrected chi connectivity index (χ1v) is 6.45. The molecule has 1 fully saturated rings. The van der Waals surface area contributed by atoms with Crippen molar-refractivity contribution in [1.29, 1.82) is 0 Å². The maximum absolute atomic E-state index is 12.8. The lowest BCUT2D eigenvalue weighted by atomic mass is 9.99. The molecule has 0 saturated carbocycles. The summed E-state index contributed by atoms with van der Waals surface area (Å²) in [5.41, 5.74) is 0. The zero-order valence-electron chi connectivity index (χ0n) is 11.2. The van der Waals surface area contributed by atoms with Crippen molar-refractivity contribution < 1.29 is 22.7 Å². The van der Waals surface area contributed by atoms with E-state index in [0.29, 0.717) is 26.1 Å². The van der Waals surface area contributed by atoms with Crippen LogP contribution in [0.4, 0.5) is 13.2 Å². The van der Waals surface area contributed by atoms with Crippen LogP contribution in [0.5, 0.6) is 0 Å². The molecule has 1 N–H and O–H groups in total. The van der Waals surface area contributed by atoms with Crippen molar-refractivity contribution in [2.24, 2.45) is 5.92 Å². The van der Waals surface area contributed by atoms with E-state index in [1.165, 1.54) is 0 Å². The molecule has 0 aliphatic carbocycles. The summed E-state index contributed by atoms with van der Waals surface area (Å²) in [7, 11) is 0. The second-order valence-electron chi connectivity index (χ2n) is 5.05. The normalized spacial score (nSPS) is 24.2. The third-order valence-electron chi connectivity index (χ3n) is 3.49. The third kappa shape index (κ3) is 4.99. The van der Waals surface area contributed by atoms with Gasteiger partial charge in [-0.3, -0.25) is 9.69 Å². The van der Waals surface area contributed by atoms with Crippen LogP contribution in [0.2, 0.25) is 0 Å². The van der Waals surface area contributed by atoms with Crippen molar-refractivity contribution in [2.45, 2.75) is 38.5 Å². The van der Waals surface area contributed by atoms with Crippen LogP contribution in [0.1, 0.15) is 20.3 Å². The number of hydrogen-bond donors (Lipinski definition) is 1. The summed E-state index contributed by atoms with van der Waals surface area (Å²) in [5.74, 6) is -1.29. The Hall–Kier alpha value is -0.820. The summed E-state index contributed by atoms with van der Waals surface area (Å²) in [5, 5.41) is 2.92. The highest BCUT2D eigenvalue weighted by Gasteiger charge is 2.47. The second-order valence-corrected chi connectivity index (χ2v) is 5.05. The number of ether oxygens (including phenoxy) is 1. The van der Waals surface area contributed by atoms with E-state index in [4.69, 9.17) is 0 Å². The number of nitrogens with zero attached hydrogens (tertiary/aromatic N) is 1. The molecule has 0 amide bonds. The number of nitrogens with one attached hydrogen (secondary N) is 1. The number of carbonyl (C=O) groups excluding carboxylic acids is 1. The molecule has 112 valence electrons. The van der Waals surface area contributed by atoms with Crippen LogP contribution in [0, 0.1) is 5.92 Å². The van der Waals surface area contributed by atoms with Crippen LogP contribution in [-0.4, -0.2) is 55.9 Å². The first-order chi connectivity index (χ1) is 8.86. The van der Waals surface area contributed by atoms with Gasteiger partial charge < -0.3 is 10.1 Å². The van der Waals surface area contributed by atoms with Crippen LogP contribution in [0.3, 0.4) is 0 Å². The molecule has 0 spiro atoms. The van der Waals surface area contributed by atoms with Crippen molar-refractivity contribution in [3.05, 3.63) is 0 Å². The molecular weight excluding hydrogens is 261 g/mol. The van der Waals surface area contributed by atoms with E-state index in [1.54, 1.807) is 0 Å². The number of hydrogen-bond acceptors (Lipinski definition) is 4. The summed E-state index contributed by atoms with van der Waals surface area (Å²) >= 11 is 0. The van der Waals surface area contributed by atoms with E-state index < -0.39 is 18.1 Å². The Balaban J connectivity index is 2.55. The fourth-order valence-electron chi connectivity index (χ4n) is 2.38. The molecule has 1 heterocycles. The third-order valence-corrected chi connectivity index (χ3v) is 3.49. The molecule has 0 aromatic rings. The molecule has 2 unspecified atom stereocenters. The van der Waals surface area contributed by atoms with Gasteiger partial charge in [-0.25, -0.2) is 0 Å². The van der Waals surface area contributed by atoms with Gasteiger partial charge in [-0.15, -0.1) is 0 Å². The van der Waals surface area contributed by atoms with Crippen LogP contribution < -0.4 is 5.32 Å². The van der Waals surface area contributed by atoms with E-state index in [0.717, 1.165) is 0 Å². The molecule has 1 aliphatic heterocycles. The topological polar surface area (TPSA) is 41.6 Å². The molecular formula is C12H21F3N2O2. The number of alkyl halides is 3. The highest BCUT2D eigenvalue weighted by Crippen LogP contribution is 2.34. The number of carbonyl (C=O) groups is 1. The maximum Gasteiger partial charge on any atom is 0.393 e. The Labute approximate surface area is 111 Å². The van der Waals surface area contributed by atoms with E-state index in [1.807, 2.05) is 18.7 Å². The zero-order chi connectivity index (χ0) is 14.5. The highest BCUT2D eigenvalue weighted by molar-refractivity contribution is 5.36. The first-order valence-electron chi connectivity index (χ1n) is 6.45. The summed E-state index contributed by atoms with van der Waals surface area (Å²) in [6.45, 7) is 5.53. The second kappa shape index (κ2) is 7.09. The summed E-state index contributed by atoms with van der Waals surface area (Å²) in [6, 6.07) is -0.481. The number of rotatable bonds is 7. The Morgan fingerprint density at radius 3 is 2.68 bits per heavy atom. The van der Waals surface area contributed by atoms with Gasteiger partial charge >= 0.3 is 6.18 Å². The van der Waals surface area contributed by atoms with Gasteiger partial charge in [0.2, 0.25) is 0 Å². The smallest absolute Gasteiger partial charge is 0.393 e. The van der Waals surface area contributed by atoms with Crippen molar-refractivity contribution >= 4 is 6.47 Å². The average molecular weight is 282 g/mol. The lowest BCUT2D eigenvalue weighted by molar-refractivity contribution is -0.177. The van der Waals surface area contributed by atoms with E-state index in [9.17, 15) is 18.0 Å².